The summed E-state index contributed by atoms with van der Waals surface area (Å²) < 4.78 is 41.8. The molecule has 1 saturated heterocycles. The van der Waals surface area contributed by atoms with Gasteiger partial charge in [0.05, 0.1) is 18.4 Å². The van der Waals surface area contributed by atoms with E-state index in [1.165, 1.54) is 0 Å². The molecule has 1 aliphatic heterocycles. The number of aryl methyl sites for hydroxylation is 1. The molecule has 3 amide bonds. The van der Waals surface area contributed by atoms with Crippen LogP contribution in [0.2, 0.25) is 0 Å². The highest BCUT2D eigenvalue weighted by Crippen LogP contribution is 2.32. The fraction of sp³-hybridized carbons (Fsp3) is 0.533. The summed E-state index contributed by atoms with van der Waals surface area (Å²) in [6.45, 7) is 3.31. The van der Waals surface area contributed by atoms with Crippen molar-refractivity contribution >= 4 is 11.9 Å². The molecule has 0 aromatic carbocycles. The lowest BCUT2D eigenvalue weighted by Gasteiger charge is -2.15. The first-order chi connectivity index (χ1) is 12.6. The Bertz CT molecular complexity index is 871. The van der Waals surface area contributed by atoms with Crippen molar-refractivity contribution in [3.63, 3.8) is 0 Å². The number of amides is 3. The van der Waals surface area contributed by atoms with E-state index < -0.39 is 36.4 Å². The maximum absolute atomic E-state index is 13.2. The molecule has 1 atom stereocenters. The monoisotopic (exact) mass is 385 g/mol. The van der Waals surface area contributed by atoms with E-state index in [1.54, 1.807) is 10.9 Å². The minimum Gasteiger partial charge on any atom is -0.325 e. The number of carbonyl (C=O) groups is 2. The van der Waals surface area contributed by atoms with Gasteiger partial charge in [-0.1, -0.05) is 5.21 Å². The highest BCUT2D eigenvalue weighted by Gasteiger charge is 2.42. The SMILES string of the molecule is CC(C)n1cc(C[C@@H]2NC(=O)N(Cc3cnn(C)c3C(F)(F)F)C2=O)nn1. The number of hydrogen-bond acceptors (Lipinski definition) is 5. The van der Waals surface area contributed by atoms with Crippen LogP contribution in [0.1, 0.15) is 36.8 Å². The Morgan fingerprint density at radius 1 is 1.30 bits per heavy atom. The van der Waals surface area contributed by atoms with Gasteiger partial charge in [-0.2, -0.15) is 18.3 Å². The summed E-state index contributed by atoms with van der Waals surface area (Å²) in [6.07, 6.45) is -1.87. The van der Waals surface area contributed by atoms with E-state index in [4.69, 9.17) is 0 Å². The second-order valence-electron chi connectivity index (χ2n) is 6.55. The predicted octanol–water partition coefficient (Wildman–Crippen LogP) is 1.27. The third-order valence-electron chi connectivity index (χ3n) is 4.22. The number of aromatic nitrogens is 5. The molecule has 0 radical (unpaired) electrons. The molecule has 12 heteroatoms. The number of imide groups is 1. The van der Waals surface area contributed by atoms with E-state index in [9.17, 15) is 22.8 Å². The number of rotatable bonds is 5. The Morgan fingerprint density at radius 3 is 2.59 bits per heavy atom. The van der Waals surface area contributed by atoms with Gasteiger partial charge >= 0.3 is 12.2 Å². The van der Waals surface area contributed by atoms with E-state index in [2.05, 4.69) is 20.7 Å². The van der Waals surface area contributed by atoms with Crippen LogP contribution >= 0.6 is 0 Å². The number of nitrogens with zero attached hydrogens (tertiary/aromatic N) is 6. The molecule has 0 saturated carbocycles. The van der Waals surface area contributed by atoms with Gasteiger partial charge in [-0.05, 0) is 13.8 Å². The highest BCUT2D eigenvalue weighted by molar-refractivity contribution is 6.04. The van der Waals surface area contributed by atoms with Crippen LogP contribution in [-0.4, -0.2) is 47.7 Å². The predicted molar refractivity (Wildman–Crippen MR) is 85.2 cm³/mol. The van der Waals surface area contributed by atoms with Crippen LogP contribution < -0.4 is 5.32 Å². The van der Waals surface area contributed by atoms with Crippen LogP contribution in [0.4, 0.5) is 18.0 Å². The molecule has 146 valence electrons. The Labute approximate surface area is 152 Å². The van der Waals surface area contributed by atoms with Gasteiger partial charge in [-0.3, -0.25) is 14.4 Å². The van der Waals surface area contributed by atoms with Crippen molar-refractivity contribution < 1.29 is 22.8 Å². The van der Waals surface area contributed by atoms with Crippen LogP contribution in [0.15, 0.2) is 12.4 Å². The molecule has 9 nitrogen and oxygen atoms in total. The zero-order valence-electron chi connectivity index (χ0n) is 14.9. The molecule has 3 heterocycles. The number of alkyl halides is 3. The molecule has 27 heavy (non-hydrogen) atoms. The maximum Gasteiger partial charge on any atom is 0.433 e. The number of halogens is 3. The average Bonchev–Trinajstić information content (AvgIpc) is 3.22. The normalized spacial score (nSPS) is 17.9. The molecular weight excluding hydrogens is 367 g/mol. The van der Waals surface area contributed by atoms with Crippen LogP contribution in [0, 0.1) is 0 Å². The van der Waals surface area contributed by atoms with Crippen molar-refractivity contribution in [1.29, 1.82) is 0 Å². The van der Waals surface area contributed by atoms with Gasteiger partial charge in [0.25, 0.3) is 5.91 Å². The zero-order chi connectivity index (χ0) is 19.9. The summed E-state index contributed by atoms with van der Waals surface area (Å²) in [6, 6.07) is -1.57. The number of hydrogen-bond donors (Lipinski definition) is 1. The van der Waals surface area contributed by atoms with E-state index in [0.29, 0.717) is 10.4 Å². The van der Waals surface area contributed by atoms with Crippen molar-refractivity contribution in [2.24, 2.45) is 7.05 Å². The third-order valence-corrected chi connectivity index (χ3v) is 4.22. The third kappa shape index (κ3) is 3.64. The van der Waals surface area contributed by atoms with Gasteiger partial charge in [0.1, 0.15) is 11.7 Å². The van der Waals surface area contributed by atoms with Gasteiger partial charge in [0, 0.05) is 31.3 Å². The molecule has 2 aromatic heterocycles. The van der Waals surface area contributed by atoms with E-state index in [1.807, 2.05) is 13.8 Å². The van der Waals surface area contributed by atoms with Crippen molar-refractivity contribution in [3.05, 3.63) is 29.3 Å². The Kier molecular flexibility index (Phi) is 4.66. The van der Waals surface area contributed by atoms with Crippen LogP contribution in [0.25, 0.3) is 0 Å². The largest absolute Gasteiger partial charge is 0.433 e. The molecule has 1 fully saturated rings. The van der Waals surface area contributed by atoms with Gasteiger partial charge < -0.3 is 5.32 Å². The zero-order valence-corrected chi connectivity index (χ0v) is 14.9. The minimum absolute atomic E-state index is 0.0861. The van der Waals surface area contributed by atoms with Gasteiger partial charge in [-0.25, -0.2) is 9.48 Å². The first-order valence-corrected chi connectivity index (χ1v) is 8.18. The number of urea groups is 1. The van der Waals surface area contributed by atoms with E-state index >= 15 is 0 Å². The minimum atomic E-state index is -4.64. The van der Waals surface area contributed by atoms with Crippen molar-refractivity contribution in [1.82, 2.24) is 35.0 Å². The molecule has 0 aliphatic carbocycles. The molecule has 1 aliphatic rings. The number of carbonyl (C=O) groups excluding carboxylic acids is 2. The quantitative estimate of drug-likeness (QED) is 0.782. The molecule has 1 N–H and O–H groups in total. The highest BCUT2D eigenvalue weighted by atomic mass is 19.4. The van der Waals surface area contributed by atoms with Gasteiger partial charge in [-0.15, -0.1) is 5.10 Å². The lowest BCUT2D eigenvalue weighted by molar-refractivity contribution is -0.145. The molecule has 0 unspecified atom stereocenters. The maximum atomic E-state index is 13.2. The Morgan fingerprint density at radius 2 is 2.00 bits per heavy atom. The topological polar surface area (TPSA) is 97.9 Å². The molecular formula is C15H18F3N7O2. The van der Waals surface area contributed by atoms with E-state index in [0.717, 1.165) is 18.1 Å². The lowest BCUT2D eigenvalue weighted by Crippen LogP contribution is -2.32. The van der Waals surface area contributed by atoms with Crippen LogP contribution in [0.3, 0.4) is 0 Å². The van der Waals surface area contributed by atoms with Crippen molar-refractivity contribution in [2.75, 3.05) is 0 Å². The molecule has 0 bridgehead atoms. The standard InChI is InChI=1S/C15H18F3N7O2/c1-8(2)25-7-10(21-22-25)4-11-13(26)24(14(27)20-11)6-9-5-19-23(3)12(9)15(16,17)18/h5,7-8,11H,4,6H2,1-3H3,(H,20,27)/t11-/m0/s1. The summed E-state index contributed by atoms with van der Waals surface area (Å²) in [5.41, 5.74) is -0.743. The second kappa shape index (κ2) is 6.67. The van der Waals surface area contributed by atoms with Crippen molar-refractivity contribution in [3.8, 4) is 0 Å². The fourth-order valence-electron chi connectivity index (χ4n) is 2.87. The van der Waals surface area contributed by atoms with Gasteiger partial charge in [0.15, 0.2) is 0 Å². The first-order valence-electron chi connectivity index (χ1n) is 8.18. The molecule has 2 aromatic rings. The smallest absolute Gasteiger partial charge is 0.325 e. The summed E-state index contributed by atoms with van der Waals surface area (Å²) >= 11 is 0. The van der Waals surface area contributed by atoms with Crippen LogP contribution in [0.5, 0.6) is 0 Å². The lowest BCUT2D eigenvalue weighted by atomic mass is 10.1. The summed E-state index contributed by atoms with van der Waals surface area (Å²) in [7, 11) is 1.15. The van der Waals surface area contributed by atoms with E-state index in [-0.39, 0.29) is 18.0 Å². The average molecular weight is 385 g/mol. The molecule has 0 spiro atoms. The van der Waals surface area contributed by atoms with Gasteiger partial charge in [0.2, 0.25) is 0 Å². The fourth-order valence-corrected chi connectivity index (χ4v) is 2.87. The summed E-state index contributed by atoms with van der Waals surface area (Å²) in [5.74, 6) is -0.615. The Hall–Kier alpha value is -2.92. The molecule has 3 rings (SSSR count). The van der Waals surface area contributed by atoms with Crippen LogP contribution in [-0.2, 0) is 31.0 Å². The van der Waals surface area contributed by atoms with Crippen molar-refractivity contribution in [2.45, 2.75) is 45.1 Å². The number of nitrogens with one attached hydrogen (secondary N) is 1. The first kappa shape index (κ1) is 18.9. The second-order valence-corrected chi connectivity index (χ2v) is 6.55. The Balaban J connectivity index is 1.75. The summed E-state index contributed by atoms with van der Waals surface area (Å²) in [5, 5.41) is 13.9. The summed E-state index contributed by atoms with van der Waals surface area (Å²) in [4.78, 5) is 25.4.